The lowest BCUT2D eigenvalue weighted by molar-refractivity contribution is -0.209. The average molecular weight is 968 g/mol. The SMILES string of the molecule is C#CC#CC#CC#CC(=O)OC[C@H](COP(=O)(O)OC1C(O)[C@H](OP(=O)(O)O)C(OP(=O)(O)O)C(OP(=O)(O)O)[C@@H]1O)OC(=O)CCCCCCCCCCCCCCC.N.[HH].[HH].[HH].[HH].[HH].[HH].[HH]. The van der Waals surface area contributed by atoms with Gasteiger partial charge in [-0.25, -0.2) is 23.1 Å². The standard InChI is InChI=1S/C34H52O22P4.H3N.7H2/c1-3-5-7-9-11-12-13-14-15-16-17-19-21-23-28(36)52-26(24-50-27(35)22-20-18-10-8-6-4-2)25-51-60(48,49)56-31-29(37)32(53-57(39,40)41)34(55-59(45,46)47)33(30(31)38)54-58(42,43)44;;;;;;;;/h2,26,29-34,37-38H,3,5,7,9,11-17,19,21,23-25H2,1H3,(H,48,49)(H2,39,40,41)(H2,42,43,44)(H2,45,46,47);1H3;7*1H/t26-,29-,30?,31?,32?,33+,34?;;;;;;;;/m1......../s1. The van der Waals surface area contributed by atoms with Crippen LogP contribution in [0.4, 0.5) is 0 Å². The largest absolute Gasteiger partial charge is 0.472 e. The van der Waals surface area contributed by atoms with E-state index in [1.807, 2.05) is 11.8 Å². The minimum absolute atomic E-state index is 0. The first-order valence-electron chi connectivity index (χ1n) is 18.5. The molecule has 23 nitrogen and oxygen atoms in total. The molecule has 0 spiro atoms. The second-order valence-corrected chi connectivity index (χ2v) is 18.1. The van der Waals surface area contributed by atoms with Gasteiger partial charge in [-0.2, -0.15) is 0 Å². The number of hydrogen-bond acceptors (Lipinski definition) is 16. The van der Waals surface area contributed by atoms with Gasteiger partial charge in [0.05, 0.1) is 6.61 Å². The summed E-state index contributed by atoms with van der Waals surface area (Å²) in [5.74, 6) is 12.9. The van der Waals surface area contributed by atoms with Crippen molar-refractivity contribution in [1.29, 1.82) is 0 Å². The number of aliphatic hydroxyl groups is 2. The van der Waals surface area contributed by atoms with E-state index in [-0.39, 0.29) is 22.6 Å². The maximum absolute atomic E-state index is 13.1. The number of carbonyl (C=O) groups excluding carboxylic acids is 2. The highest BCUT2D eigenvalue weighted by Gasteiger charge is 2.59. The van der Waals surface area contributed by atoms with Gasteiger partial charge in [-0.1, -0.05) is 84.0 Å². The van der Waals surface area contributed by atoms with E-state index in [0.29, 0.717) is 12.8 Å². The molecule has 1 saturated carbocycles. The maximum Gasteiger partial charge on any atom is 0.472 e. The molecule has 27 heteroatoms. The second-order valence-electron chi connectivity index (χ2n) is 13.1. The summed E-state index contributed by atoms with van der Waals surface area (Å²) in [6, 6.07) is 0. The summed E-state index contributed by atoms with van der Waals surface area (Å²) >= 11 is 0. The van der Waals surface area contributed by atoms with Gasteiger partial charge in [-0.15, -0.1) is 6.42 Å². The quantitative estimate of drug-likeness (QED) is 0.0173. The van der Waals surface area contributed by atoms with Gasteiger partial charge in [0.15, 0.2) is 6.10 Å². The molecule has 1 aliphatic rings. The van der Waals surface area contributed by atoms with Crippen LogP contribution in [0.2, 0.25) is 0 Å². The maximum atomic E-state index is 13.1. The summed E-state index contributed by atoms with van der Waals surface area (Å²) in [7, 11) is -23.1. The van der Waals surface area contributed by atoms with E-state index in [2.05, 4.69) is 50.1 Å². The number of terminal acetylenes is 1. The van der Waals surface area contributed by atoms with Crippen molar-refractivity contribution in [3.8, 4) is 47.9 Å². The Morgan fingerprint density at radius 2 is 1.03 bits per heavy atom. The molecule has 362 valence electrons. The molecule has 0 aromatic carbocycles. The van der Waals surface area contributed by atoms with Crippen LogP contribution in [0.1, 0.15) is 107 Å². The third kappa shape index (κ3) is 28.0. The molecule has 0 saturated heterocycles. The summed E-state index contributed by atoms with van der Waals surface area (Å²) in [6.07, 6.45) is 0.107. The van der Waals surface area contributed by atoms with Crippen LogP contribution < -0.4 is 6.15 Å². The normalized spacial score (nSPS) is 21.6. The molecule has 0 aromatic heterocycles. The number of carbonyl (C=O) groups is 2. The van der Waals surface area contributed by atoms with Gasteiger partial charge in [-0.3, -0.25) is 27.4 Å². The predicted octanol–water partition coefficient (Wildman–Crippen LogP) is 4.12. The molecule has 0 aromatic rings. The fourth-order valence-electron chi connectivity index (χ4n) is 5.54. The fourth-order valence-corrected chi connectivity index (χ4v) is 8.20. The Balaban J connectivity index is -0.000000750. The highest BCUT2D eigenvalue weighted by atomic mass is 31.2. The molecule has 0 radical (unpaired) electrons. The van der Waals surface area contributed by atoms with Crippen LogP contribution in [0, 0.1) is 47.9 Å². The number of rotatable bonds is 28. The van der Waals surface area contributed by atoms with E-state index in [0.717, 1.165) is 32.1 Å². The third-order valence-electron chi connectivity index (χ3n) is 8.12. The zero-order chi connectivity index (χ0) is 45.4. The first-order valence-corrected chi connectivity index (χ1v) is 24.6. The van der Waals surface area contributed by atoms with E-state index in [1.54, 1.807) is 0 Å². The number of aliphatic hydroxyl groups excluding tert-OH is 2. The molecule has 1 aliphatic carbocycles. The van der Waals surface area contributed by atoms with Crippen LogP contribution in [-0.2, 0) is 59.9 Å². The third-order valence-corrected chi connectivity index (χ3v) is 10.7. The van der Waals surface area contributed by atoms with Crippen molar-refractivity contribution < 1.29 is 114 Å². The Morgan fingerprint density at radius 3 is 1.49 bits per heavy atom. The van der Waals surface area contributed by atoms with Crippen molar-refractivity contribution in [3.63, 3.8) is 0 Å². The summed E-state index contributed by atoms with van der Waals surface area (Å²) in [5.41, 5.74) is 0. The van der Waals surface area contributed by atoms with Crippen molar-refractivity contribution in [1.82, 2.24) is 6.15 Å². The zero-order valence-electron chi connectivity index (χ0n) is 33.3. The Labute approximate surface area is 364 Å². The Hall–Kier alpha value is -2.50. The number of ether oxygens (including phenoxy) is 2. The monoisotopic (exact) mass is 967 g/mol. The van der Waals surface area contributed by atoms with Crippen molar-refractivity contribution in [2.24, 2.45) is 0 Å². The summed E-state index contributed by atoms with van der Waals surface area (Å²) in [4.78, 5) is 91.4. The van der Waals surface area contributed by atoms with Gasteiger partial charge >= 0.3 is 43.2 Å². The molecular formula is C34H69NO22P4. The van der Waals surface area contributed by atoms with Crippen LogP contribution in [0.25, 0.3) is 0 Å². The molecule has 8 atom stereocenters. The first kappa shape index (κ1) is 58.5. The van der Waals surface area contributed by atoms with E-state index in [9.17, 15) is 72.3 Å². The molecule has 0 amide bonds. The van der Waals surface area contributed by atoms with Crippen molar-refractivity contribution >= 4 is 43.2 Å². The van der Waals surface area contributed by atoms with Crippen LogP contribution in [-0.4, -0.2) is 112 Å². The number of phosphoric ester groups is 4. The predicted molar refractivity (Wildman–Crippen MR) is 227 cm³/mol. The number of phosphoric acid groups is 4. The Bertz CT molecular complexity index is 1780. The molecule has 5 unspecified atom stereocenters. The molecule has 61 heavy (non-hydrogen) atoms. The van der Waals surface area contributed by atoms with Gasteiger partial charge in [0.2, 0.25) is 0 Å². The second kappa shape index (κ2) is 29.8. The van der Waals surface area contributed by atoms with E-state index in [4.69, 9.17) is 24.9 Å². The molecule has 1 rings (SSSR count). The Morgan fingerprint density at radius 1 is 0.607 bits per heavy atom. The molecule has 0 heterocycles. The molecule has 12 N–H and O–H groups in total. The molecule has 0 aliphatic heterocycles. The zero-order valence-corrected chi connectivity index (χ0v) is 36.8. The smallest absolute Gasteiger partial charge is 0.456 e. The first-order chi connectivity index (χ1) is 28.0. The Kier molecular flexibility index (Phi) is 28.6. The van der Waals surface area contributed by atoms with Crippen molar-refractivity contribution in [2.75, 3.05) is 13.2 Å². The van der Waals surface area contributed by atoms with Crippen molar-refractivity contribution in [3.05, 3.63) is 0 Å². The lowest BCUT2D eigenvalue weighted by Gasteiger charge is -2.45. The fraction of sp³-hybridized carbons (Fsp3) is 0.706. The van der Waals surface area contributed by atoms with Crippen LogP contribution in [0.15, 0.2) is 0 Å². The number of hydrogen-bond donors (Lipinski definition) is 10. The van der Waals surface area contributed by atoms with Gasteiger partial charge < -0.3 is 60.1 Å². The van der Waals surface area contributed by atoms with Gasteiger partial charge in [0, 0.05) is 22.3 Å². The van der Waals surface area contributed by atoms with Crippen LogP contribution >= 0.6 is 31.3 Å². The number of unbranched alkanes of at least 4 members (excludes halogenated alkanes) is 12. The minimum atomic E-state index is -5.81. The van der Waals surface area contributed by atoms with Crippen molar-refractivity contribution in [2.45, 2.75) is 140 Å². The topological polar surface area (TPSA) is 384 Å². The van der Waals surface area contributed by atoms with E-state index in [1.165, 1.54) is 38.5 Å². The van der Waals surface area contributed by atoms with Gasteiger partial charge in [-0.05, 0) is 41.9 Å². The highest BCUT2D eigenvalue weighted by molar-refractivity contribution is 7.47. The summed E-state index contributed by atoms with van der Waals surface area (Å²) in [6.45, 7) is 0.218. The van der Waals surface area contributed by atoms with Crippen LogP contribution in [0.5, 0.6) is 0 Å². The van der Waals surface area contributed by atoms with Gasteiger partial charge in [0.25, 0.3) is 0 Å². The molecular weight excluding hydrogens is 898 g/mol. The summed E-state index contributed by atoms with van der Waals surface area (Å²) in [5, 5.41) is 21.6. The van der Waals surface area contributed by atoms with E-state index >= 15 is 0 Å². The lowest BCUT2D eigenvalue weighted by Crippen LogP contribution is -2.65. The molecule has 0 bridgehead atoms. The number of esters is 2. The van der Waals surface area contributed by atoms with Gasteiger partial charge in [0.1, 0.15) is 43.2 Å². The van der Waals surface area contributed by atoms with Crippen LogP contribution in [0.3, 0.4) is 0 Å². The van der Waals surface area contributed by atoms with E-state index < -0.39 is 99.2 Å². The molecule has 1 fully saturated rings. The summed E-state index contributed by atoms with van der Waals surface area (Å²) < 4.78 is 80.7. The average Bonchev–Trinajstić information content (AvgIpc) is 3.13. The highest BCUT2D eigenvalue weighted by Crippen LogP contribution is 2.53. The minimum Gasteiger partial charge on any atom is -0.456 e. The lowest BCUT2D eigenvalue weighted by atomic mass is 9.85.